The van der Waals surface area contributed by atoms with E-state index in [1.807, 2.05) is 0 Å². The van der Waals surface area contributed by atoms with Crippen LogP contribution in [0.15, 0.2) is 18.2 Å². The van der Waals surface area contributed by atoms with Crippen LogP contribution in [0.25, 0.3) is 0 Å². The van der Waals surface area contributed by atoms with Crippen molar-refractivity contribution >= 4 is 23.6 Å². The molecule has 2 aliphatic rings. The van der Waals surface area contributed by atoms with Gasteiger partial charge in [0.2, 0.25) is 11.8 Å². The third-order valence-corrected chi connectivity index (χ3v) is 3.73. The van der Waals surface area contributed by atoms with Gasteiger partial charge in [-0.2, -0.15) is 0 Å². The van der Waals surface area contributed by atoms with Gasteiger partial charge in [-0.1, -0.05) is 6.07 Å². The quantitative estimate of drug-likeness (QED) is 0.820. The maximum atomic E-state index is 12.6. The van der Waals surface area contributed by atoms with E-state index in [1.54, 1.807) is 19.1 Å². The summed E-state index contributed by atoms with van der Waals surface area (Å²) in [5.41, 5.74) is 0.403. The van der Waals surface area contributed by atoms with Gasteiger partial charge in [-0.3, -0.25) is 29.4 Å². The Balaban J connectivity index is 1.98. The molecule has 114 valence electrons. The second-order valence-corrected chi connectivity index (χ2v) is 5.06. The van der Waals surface area contributed by atoms with Crippen molar-refractivity contribution in [3.05, 3.63) is 29.3 Å². The molecule has 0 bridgehead atoms. The fourth-order valence-corrected chi connectivity index (χ4v) is 2.76. The average molecular weight is 302 g/mol. The van der Waals surface area contributed by atoms with Crippen molar-refractivity contribution in [2.75, 3.05) is 6.61 Å². The van der Waals surface area contributed by atoms with Crippen LogP contribution < -0.4 is 10.1 Å². The van der Waals surface area contributed by atoms with Crippen molar-refractivity contribution in [3.63, 3.8) is 0 Å². The van der Waals surface area contributed by atoms with Crippen molar-refractivity contribution in [2.45, 2.75) is 25.8 Å². The van der Waals surface area contributed by atoms with E-state index in [-0.39, 0.29) is 24.0 Å². The summed E-state index contributed by atoms with van der Waals surface area (Å²) in [5.74, 6) is -1.78. The number of nitrogens with zero attached hydrogens (tertiary/aromatic N) is 1. The summed E-state index contributed by atoms with van der Waals surface area (Å²) >= 11 is 0. The molecule has 2 heterocycles. The molecular formula is C15H14N2O5. The van der Waals surface area contributed by atoms with Crippen LogP contribution in [-0.2, 0) is 9.59 Å². The molecule has 4 amide bonds. The molecule has 0 aromatic heterocycles. The minimum absolute atomic E-state index is 0.0993. The highest BCUT2D eigenvalue weighted by molar-refractivity contribution is 6.24. The predicted octanol–water partition coefficient (Wildman–Crippen LogP) is 0.486. The fraction of sp³-hybridized carbons (Fsp3) is 0.333. The number of carbonyl (C=O) groups excluding carboxylic acids is 4. The first-order chi connectivity index (χ1) is 10.5. The smallest absolute Gasteiger partial charge is 0.266 e. The molecule has 0 aliphatic carbocycles. The van der Waals surface area contributed by atoms with Gasteiger partial charge in [-0.05, 0) is 25.5 Å². The van der Waals surface area contributed by atoms with E-state index in [4.69, 9.17) is 4.74 Å². The lowest BCUT2D eigenvalue weighted by atomic mass is 10.0. The summed E-state index contributed by atoms with van der Waals surface area (Å²) in [6.45, 7) is 2.13. The molecule has 1 aromatic carbocycles. The number of hydrogen-bond acceptors (Lipinski definition) is 5. The van der Waals surface area contributed by atoms with E-state index in [0.717, 1.165) is 4.90 Å². The molecule has 2 aliphatic heterocycles. The molecule has 7 nitrogen and oxygen atoms in total. The molecule has 1 aromatic rings. The molecule has 7 heteroatoms. The average Bonchev–Trinajstić information content (AvgIpc) is 2.73. The van der Waals surface area contributed by atoms with Crippen LogP contribution in [0.5, 0.6) is 5.75 Å². The lowest BCUT2D eigenvalue weighted by Gasteiger charge is -2.27. The van der Waals surface area contributed by atoms with Crippen molar-refractivity contribution in [2.24, 2.45) is 0 Å². The minimum Gasteiger partial charge on any atom is -0.493 e. The van der Waals surface area contributed by atoms with Crippen LogP contribution in [-0.4, -0.2) is 41.2 Å². The number of ether oxygens (including phenoxy) is 1. The van der Waals surface area contributed by atoms with Crippen LogP contribution in [0.2, 0.25) is 0 Å². The van der Waals surface area contributed by atoms with E-state index < -0.39 is 29.7 Å². The highest BCUT2D eigenvalue weighted by Crippen LogP contribution is 2.33. The number of nitrogens with one attached hydrogen (secondary N) is 1. The van der Waals surface area contributed by atoms with Crippen molar-refractivity contribution in [1.29, 1.82) is 0 Å². The largest absolute Gasteiger partial charge is 0.493 e. The first kappa shape index (κ1) is 14.2. The second-order valence-electron chi connectivity index (χ2n) is 5.06. The molecule has 1 atom stereocenters. The van der Waals surface area contributed by atoms with Crippen molar-refractivity contribution < 1.29 is 23.9 Å². The first-order valence-electron chi connectivity index (χ1n) is 7.02. The van der Waals surface area contributed by atoms with Crippen LogP contribution in [0.1, 0.15) is 40.5 Å². The summed E-state index contributed by atoms with van der Waals surface area (Å²) < 4.78 is 5.39. The van der Waals surface area contributed by atoms with Crippen LogP contribution >= 0.6 is 0 Å². The number of fused-ring (bicyclic) bond motifs is 1. The van der Waals surface area contributed by atoms with E-state index in [0.29, 0.717) is 12.4 Å². The Morgan fingerprint density at radius 2 is 2.00 bits per heavy atom. The molecular weight excluding hydrogens is 288 g/mol. The molecule has 0 spiro atoms. The molecule has 22 heavy (non-hydrogen) atoms. The normalized spacial score (nSPS) is 21.0. The fourth-order valence-electron chi connectivity index (χ4n) is 2.76. The zero-order chi connectivity index (χ0) is 15.9. The zero-order valence-electron chi connectivity index (χ0n) is 11.9. The summed E-state index contributed by atoms with van der Waals surface area (Å²) in [4.78, 5) is 49.1. The van der Waals surface area contributed by atoms with Gasteiger partial charge in [0.15, 0.2) is 0 Å². The van der Waals surface area contributed by atoms with Gasteiger partial charge in [0.25, 0.3) is 11.8 Å². The molecule has 1 N–H and O–H groups in total. The number of rotatable bonds is 3. The predicted molar refractivity (Wildman–Crippen MR) is 74.3 cm³/mol. The molecule has 0 saturated carbocycles. The Labute approximate surface area is 126 Å². The Morgan fingerprint density at radius 1 is 1.23 bits per heavy atom. The summed E-state index contributed by atoms with van der Waals surface area (Å²) in [5, 5.41) is 2.16. The van der Waals surface area contributed by atoms with E-state index in [2.05, 4.69) is 5.32 Å². The molecule has 3 rings (SSSR count). The van der Waals surface area contributed by atoms with E-state index >= 15 is 0 Å². The monoisotopic (exact) mass is 302 g/mol. The Hall–Kier alpha value is -2.70. The molecule has 1 fully saturated rings. The summed E-state index contributed by atoms with van der Waals surface area (Å²) in [6, 6.07) is 3.81. The van der Waals surface area contributed by atoms with Gasteiger partial charge in [-0.25, -0.2) is 0 Å². The Morgan fingerprint density at radius 3 is 2.68 bits per heavy atom. The lowest BCUT2D eigenvalue weighted by molar-refractivity contribution is -0.136. The zero-order valence-corrected chi connectivity index (χ0v) is 11.9. The number of piperidine rings is 1. The first-order valence-corrected chi connectivity index (χ1v) is 7.02. The molecule has 1 saturated heterocycles. The van der Waals surface area contributed by atoms with Gasteiger partial charge < -0.3 is 4.74 Å². The number of hydrogen-bond donors (Lipinski definition) is 1. The molecule has 0 unspecified atom stereocenters. The SMILES string of the molecule is CCOc1cccc2c1C(=O)N([C@H]1CCC(=O)NC1=O)C2=O. The number of benzene rings is 1. The minimum atomic E-state index is -0.959. The maximum Gasteiger partial charge on any atom is 0.266 e. The number of carbonyl (C=O) groups is 4. The third-order valence-electron chi connectivity index (χ3n) is 3.73. The highest BCUT2D eigenvalue weighted by atomic mass is 16.5. The lowest BCUT2D eigenvalue weighted by Crippen LogP contribution is -2.54. The Bertz CT molecular complexity index is 697. The maximum absolute atomic E-state index is 12.6. The van der Waals surface area contributed by atoms with Gasteiger partial charge in [0, 0.05) is 6.42 Å². The van der Waals surface area contributed by atoms with Gasteiger partial charge in [0.1, 0.15) is 11.8 Å². The standard InChI is InChI=1S/C15H14N2O5/c1-2-22-10-5-3-4-8-12(10)15(21)17(14(8)20)9-6-7-11(18)16-13(9)19/h3-5,9H,2,6-7H2,1H3,(H,16,18,19)/t9-/m0/s1. The number of amides is 4. The topological polar surface area (TPSA) is 92.8 Å². The third kappa shape index (κ3) is 2.05. The van der Waals surface area contributed by atoms with Crippen LogP contribution in [0.4, 0.5) is 0 Å². The second kappa shape index (κ2) is 5.25. The van der Waals surface area contributed by atoms with Crippen molar-refractivity contribution in [3.8, 4) is 5.75 Å². The molecule has 0 radical (unpaired) electrons. The Kier molecular flexibility index (Phi) is 3.40. The van der Waals surface area contributed by atoms with Crippen molar-refractivity contribution in [1.82, 2.24) is 10.2 Å². The van der Waals surface area contributed by atoms with Crippen LogP contribution in [0.3, 0.4) is 0 Å². The summed E-state index contributed by atoms with van der Waals surface area (Å²) in [6.07, 6.45) is 0.238. The highest BCUT2D eigenvalue weighted by Gasteiger charge is 2.45. The van der Waals surface area contributed by atoms with Crippen LogP contribution in [0, 0.1) is 0 Å². The van der Waals surface area contributed by atoms with E-state index in [1.165, 1.54) is 6.07 Å². The number of imide groups is 2. The van der Waals surface area contributed by atoms with Gasteiger partial charge in [0.05, 0.1) is 17.7 Å². The van der Waals surface area contributed by atoms with Gasteiger partial charge in [-0.15, -0.1) is 0 Å². The van der Waals surface area contributed by atoms with E-state index in [9.17, 15) is 19.2 Å². The summed E-state index contributed by atoms with van der Waals surface area (Å²) in [7, 11) is 0. The van der Waals surface area contributed by atoms with Gasteiger partial charge >= 0.3 is 0 Å².